The molecule has 28 heavy (non-hydrogen) atoms. The molecule has 4 N–H and O–H groups in total. The summed E-state index contributed by atoms with van der Waals surface area (Å²) in [6.07, 6.45) is 5.08. The van der Waals surface area contributed by atoms with Gasteiger partial charge in [-0.25, -0.2) is 9.59 Å². The maximum Gasteiger partial charge on any atom is 0.407 e. The minimum atomic E-state index is -0.382. The first-order chi connectivity index (χ1) is 12.6. The Bertz CT molecular complexity index is 338. The lowest BCUT2D eigenvalue weighted by molar-refractivity contribution is 0.106. The number of alkyl carbamates (subject to hydrolysis) is 2. The van der Waals surface area contributed by atoms with Crippen molar-refractivity contribution in [2.75, 3.05) is 52.5 Å². The SMILES string of the molecule is CCCCNC(=O)OCCN(CCCCN)CCOC(=O)NCCCC.Cl.Cl. The van der Waals surface area contributed by atoms with Crippen molar-refractivity contribution in [2.24, 2.45) is 5.73 Å². The number of amides is 2. The van der Waals surface area contributed by atoms with E-state index in [1.54, 1.807) is 0 Å². The number of unbranched alkanes of at least 4 members (excludes halogenated alkanes) is 3. The van der Waals surface area contributed by atoms with E-state index in [0.717, 1.165) is 45.1 Å². The van der Waals surface area contributed by atoms with Gasteiger partial charge in [-0.05, 0) is 38.8 Å². The van der Waals surface area contributed by atoms with Crippen LogP contribution in [0.15, 0.2) is 0 Å². The van der Waals surface area contributed by atoms with Gasteiger partial charge in [0.05, 0.1) is 0 Å². The third kappa shape index (κ3) is 21.3. The van der Waals surface area contributed by atoms with Gasteiger partial charge in [0, 0.05) is 26.2 Å². The predicted molar refractivity (Wildman–Crippen MR) is 118 cm³/mol. The standard InChI is InChI=1S/C18H38N4O4.2ClH/c1-3-5-10-20-17(23)25-15-13-22(12-8-7-9-19)14-16-26-18(24)21-11-6-4-2;;/h3-16,19H2,1-2H3,(H,20,23)(H,21,24);2*1H. The van der Waals surface area contributed by atoms with Gasteiger partial charge < -0.3 is 25.8 Å². The second-order valence-corrected chi connectivity index (χ2v) is 6.17. The summed E-state index contributed by atoms with van der Waals surface area (Å²) < 4.78 is 10.4. The van der Waals surface area contributed by atoms with E-state index in [1.165, 1.54) is 0 Å². The molecule has 0 aliphatic carbocycles. The molecule has 0 radical (unpaired) electrons. The highest BCUT2D eigenvalue weighted by atomic mass is 35.5. The van der Waals surface area contributed by atoms with E-state index in [-0.39, 0.29) is 37.0 Å². The summed E-state index contributed by atoms with van der Waals surface area (Å²) in [5, 5.41) is 5.44. The minimum absolute atomic E-state index is 0. The number of rotatable bonds is 16. The smallest absolute Gasteiger partial charge is 0.407 e. The number of nitrogens with two attached hydrogens (primary N) is 1. The lowest BCUT2D eigenvalue weighted by atomic mass is 10.3. The first-order valence-electron chi connectivity index (χ1n) is 9.87. The van der Waals surface area contributed by atoms with E-state index in [9.17, 15) is 9.59 Å². The van der Waals surface area contributed by atoms with Gasteiger partial charge in [-0.1, -0.05) is 26.7 Å². The zero-order chi connectivity index (χ0) is 19.5. The lowest BCUT2D eigenvalue weighted by Gasteiger charge is -2.22. The first-order valence-corrected chi connectivity index (χ1v) is 9.87. The van der Waals surface area contributed by atoms with Crippen LogP contribution in [0.4, 0.5) is 9.59 Å². The molecule has 0 bridgehead atoms. The molecule has 0 heterocycles. The molecule has 0 rings (SSSR count). The normalized spacial score (nSPS) is 9.86. The average Bonchev–Trinajstić information content (AvgIpc) is 2.62. The van der Waals surface area contributed by atoms with E-state index in [4.69, 9.17) is 15.2 Å². The van der Waals surface area contributed by atoms with Gasteiger partial charge in [-0.15, -0.1) is 24.8 Å². The summed E-state index contributed by atoms with van der Waals surface area (Å²) in [5.74, 6) is 0. The molecule has 0 saturated carbocycles. The van der Waals surface area contributed by atoms with Crippen molar-refractivity contribution in [1.29, 1.82) is 0 Å². The van der Waals surface area contributed by atoms with E-state index in [1.807, 2.05) is 0 Å². The second-order valence-electron chi connectivity index (χ2n) is 6.17. The highest BCUT2D eigenvalue weighted by Crippen LogP contribution is 1.96. The van der Waals surface area contributed by atoms with Crippen LogP contribution in [0.1, 0.15) is 52.4 Å². The fourth-order valence-electron chi connectivity index (χ4n) is 2.19. The van der Waals surface area contributed by atoms with Crippen LogP contribution in [0.25, 0.3) is 0 Å². The molecule has 0 aromatic rings. The van der Waals surface area contributed by atoms with Crippen molar-refractivity contribution in [2.45, 2.75) is 52.4 Å². The molecule has 0 saturated heterocycles. The van der Waals surface area contributed by atoms with Crippen LogP contribution < -0.4 is 16.4 Å². The third-order valence-electron chi connectivity index (χ3n) is 3.81. The molecule has 0 aromatic carbocycles. The molecule has 0 fully saturated rings. The zero-order valence-electron chi connectivity index (χ0n) is 17.4. The van der Waals surface area contributed by atoms with Crippen molar-refractivity contribution >= 4 is 37.0 Å². The van der Waals surface area contributed by atoms with Gasteiger partial charge in [0.25, 0.3) is 0 Å². The Morgan fingerprint density at radius 1 is 0.786 bits per heavy atom. The molecule has 0 aliphatic rings. The Morgan fingerprint density at radius 2 is 1.25 bits per heavy atom. The van der Waals surface area contributed by atoms with Crippen molar-refractivity contribution in [3.63, 3.8) is 0 Å². The monoisotopic (exact) mass is 446 g/mol. The Kier molecular flexibility index (Phi) is 27.3. The summed E-state index contributed by atoms with van der Waals surface area (Å²) in [7, 11) is 0. The number of halogens is 2. The summed E-state index contributed by atoms with van der Waals surface area (Å²) in [6.45, 7) is 8.72. The summed E-state index contributed by atoms with van der Waals surface area (Å²) in [6, 6.07) is 0. The van der Waals surface area contributed by atoms with Crippen LogP contribution >= 0.6 is 24.8 Å². The van der Waals surface area contributed by atoms with E-state index in [2.05, 4.69) is 29.4 Å². The van der Waals surface area contributed by atoms with Gasteiger partial charge in [0.2, 0.25) is 0 Å². The summed E-state index contributed by atoms with van der Waals surface area (Å²) >= 11 is 0. The van der Waals surface area contributed by atoms with Crippen LogP contribution in [0.5, 0.6) is 0 Å². The number of nitrogens with one attached hydrogen (secondary N) is 2. The van der Waals surface area contributed by atoms with Gasteiger partial charge in [-0.2, -0.15) is 0 Å². The lowest BCUT2D eigenvalue weighted by Crippen LogP contribution is -2.35. The van der Waals surface area contributed by atoms with Crippen molar-refractivity contribution in [3.8, 4) is 0 Å². The third-order valence-corrected chi connectivity index (χ3v) is 3.81. The maximum absolute atomic E-state index is 11.5. The topological polar surface area (TPSA) is 106 Å². The molecule has 0 spiro atoms. The number of nitrogens with zero attached hydrogens (tertiary/aromatic N) is 1. The molecule has 0 unspecified atom stereocenters. The summed E-state index contributed by atoms with van der Waals surface area (Å²) in [4.78, 5) is 25.2. The van der Waals surface area contributed by atoms with E-state index in [0.29, 0.717) is 45.9 Å². The average molecular weight is 447 g/mol. The van der Waals surface area contributed by atoms with Crippen molar-refractivity contribution in [3.05, 3.63) is 0 Å². The number of hydrogen-bond acceptors (Lipinski definition) is 6. The molecule has 2 amide bonds. The van der Waals surface area contributed by atoms with Crippen molar-refractivity contribution in [1.82, 2.24) is 15.5 Å². The maximum atomic E-state index is 11.5. The van der Waals surface area contributed by atoms with Gasteiger partial charge in [0.15, 0.2) is 0 Å². The molecular weight excluding hydrogens is 407 g/mol. The van der Waals surface area contributed by atoms with E-state index >= 15 is 0 Å². The Labute approximate surface area is 182 Å². The molecule has 0 aliphatic heterocycles. The second kappa shape index (κ2) is 24.1. The Balaban J connectivity index is -0.00000312. The molecule has 170 valence electrons. The zero-order valence-corrected chi connectivity index (χ0v) is 19.0. The molecule has 0 atom stereocenters. The van der Waals surface area contributed by atoms with E-state index < -0.39 is 0 Å². The van der Waals surface area contributed by atoms with Gasteiger partial charge in [0.1, 0.15) is 13.2 Å². The predicted octanol–water partition coefficient (Wildman–Crippen LogP) is 2.92. The fourth-order valence-corrected chi connectivity index (χ4v) is 2.19. The van der Waals surface area contributed by atoms with Crippen LogP contribution in [0, 0.1) is 0 Å². The van der Waals surface area contributed by atoms with Crippen molar-refractivity contribution < 1.29 is 19.1 Å². The highest BCUT2D eigenvalue weighted by Gasteiger charge is 2.09. The van der Waals surface area contributed by atoms with Crippen LogP contribution in [-0.2, 0) is 9.47 Å². The minimum Gasteiger partial charge on any atom is -0.448 e. The van der Waals surface area contributed by atoms with Crippen LogP contribution in [0.3, 0.4) is 0 Å². The number of carbonyl (C=O) groups is 2. The fraction of sp³-hybridized carbons (Fsp3) is 0.889. The van der Waals surface area contributed by atoms with Gasteiger partial charge in [-0.3, -0.25) is 4.90 Å². The molecule has 0 aromatic heterocycles. The highest BCUT2D eigenvalue weighted by molar-refractivity contribution is 5.85. The summed E-state index contributed by atoms with van der Waals surface area (Å²) in [5.41, 5.74) is 5.54. The molecule has 10 heteroatoms. The van der Waals surface area contributed by atoms with Gasteiger partial charge >= 0.3 is 12.2 Å². The van der Waals surface area contributed by atoms with Crippen LogP contribution in [0.2, 0.25) is 0 Å². The quantitative estimate of drug-likeness (QED) is 0.314. The first kappa shape index (κ1) is 31.7. The largest absolute Gasteiger partial charge is 0.448 e. The number of carbonyl (C=O) groups excluding carboxylic acids is 2. The number of hydrogen-bond donors (Lipinski definition) is 3. The Hall–Kier alpha value is -0.960. The number of ether oxygens (including phenoxy) is 2. The molecular formula is C18H40Cl2N4O4. The molecule has 8 nitrogen and oxygen atoms in total. The van der Waals surface area contributed by atoms with Crippen LogP contribution in [-0.4, -0.2) is 69.6 Å². The Morgan fingerprint density at radius 3 is 1.64 bits per heavy atom.